The van der Waals surface area contributed by atoms with Gasteiger partial charge in [0.15, 0.2) is 0 Å². The zero-order valence-electron chi connectivity index (χ0n) is 23.3. The van der Waals surface area contributed by atoms with Gasteiger partial charge in [0.05, 0.1) is 18.8 Å². The number of nitrogens with zero attached hydrogens (tertiary/aromatic N) is 2. The Morgan fingerprint density at radius 3 is 2.36 bits per heavy atom. The van der Waals surface area contributed by atoms with Gasteiger partial charge >= 0.3 is 18.1 Å². The number of benzene rings is 1. The summed E-state index contributed by atoms with van der Waals surface area (Å²) in [5.41, 5.74) is 1.08. The molecule has 0 aromatic heterocycles. The lowest BCUT2D eigenvalue weighted by Gasteiger charge is -2.43. The zero-order valence-corrected chi connectivity index (χ0v) is 23.3. The van der Waals surface area contributed by atoms with Crippen molar-refractivity contribution in [2.75, 3.05) is 19.7 Å². The molecular weight excluding hydrogens is 506 g/mol. The van der Waals surface area contributed by atoms with Crippen LogP contribution in [0, 0.1) is 0 Å². The molecule has 0 radical (unpaired) electrons. The van der Waals surface area contributed by atoms with Gasteiger partial charge in [0.25, 0.3) is 5.91 Å². The second-order valence-electron chi connectivity index (χ2n) is 10.0. The number of hydrazine groups is 1. The Hall–Kier alpha value is -3.18. The number of amides is 1. The van der Waals surface area contributed by atoms with Crippen LogP contribution in [-0.4, -0.2) is 84.2 Å². The predicted octanol–water partition coefficient (Wildman–Crippen LogP) is 2.96. The van der Waals surface area contributed by atoms with E-state index in [-0.39, 0.29) is 18.6 Å². The summed E-state index contributed by atoms with van der Waals surface area (Å²) in [7, 11) is 0. The number of fused-ring (bicyclic) bond motifs is 1. The minimum absolute atomic E-state index is 0.236. The SMILES string of the molecule is CCOC(=O)[C@H](CCc1ccccc1)NC1CCCN2CCC[C@@H](C(=O)OC(C)OC(=O)OC(C)C)N2C1=O. The summed E-state index contributed by atoms with van der Waals surface area (Å²) in [4.78, 5) is 51.6. The number of ether oxygens (including phenoxy) is 4. The van der Waals surface area contributed by atoms with Crippen molar-refractivity contribution in [1.82, 2.24) is 15.3 Å². The number of carbonyl (C=O) groups is 4. The Bertz CT molecular complexity index is 973. The molecule has 0 bridgehead atoms. The summed E-state index contributed by atoms with van der Waals surface area (Å²) in [6.07, 6.45) is 0.932. The quantitative estimate of drug-likeness (QED) is 0.251. The van der Waals surface area contributed by atoms with Gasteiger partial charge in [0, 0.05) is 20.0 Å². The van der Waals surface area contributed by atoms with Gasteiger partial charge in [-0.2, -0.15) is 0 Å². The van der Waals surface area contributed by atoms with Gasteiger partial charge in [0.2, 0.25) is 6.29 Å². The monoisotopic (exact) mass is 547 g/mol. The third-order valence-corrected chi connectivity index (χ3v) is 6.61. The van der Waals surface area contributed by atoms with E-state index in [2.05, 4.69) is 5.32 Å². The molecule has 1 N–H and O–H groups in total. The highest BCUT2D eigenvalue weighted by Crippen LogP contribution is 2.25. The molecule has 11 heteroatoms. The molecule has 2 aliphatic rings. The summed E-state index contributed by atoms with van der Waals surface area (Å²) >= 11 is 0. The number of nitrogens with one attached hydrogen (secondary N) is 1. The van der Waals surface area contributed by atoms with E-state index in [1.165, 1.54) is 11.9 Å². The second kappa shape index (κ2) is 14.8. The number of esters is 2. The molecule has 1 aromatic carbocycles. The minimum Gasteiger partial charge on any atom is -0.465 e. The number of rotatable bonds is 11. The van der Waals surface area contributed by atoms with E-state index in [4.69, 9.17) is 18.9 Å². The van der Waals surface area contributed by atoms with E-state index in [9.17, 15) is 19.2 Å². The van der Waals surface area contributed by atoms with Crippen LogP contribution < -0.4 is 5.32 Å². The maximum atomic E-state index is 13.8. The van der Waals surface area contributed by atoms with Gasteiger partial charge in [-0.3, -0.25) is 19.9 Å². The highest BCUT2D eigenvalue weighted by Gasteiger charge is 2.43. The molecule has 2 aliphatic heterocycles. The molecule has 0 saturated carbocycles. The summed E-state index contributed by atoms with van der Waals surface area (Å²) in [5, 5.41) is 6.59. The van der Waals surface area contributed by atoms with Gasteiger partial charge < -0.3 is 18.9 Å². The third kappa shape index (κ3) is 8.93. The summed E-state index contributed by atoms with van der Waals surface area (Å²) < 4.78 is 20.6. The van der Waals surface area contributed by atoms with Crippen LogP contribution in [0.3, 0.4) is 0 Å². The molecular formula is C28H41N3O8. The zero-order chi connectivity index (χ0) is 28.4. The molecule has 1 amide bonds. The Kier molecular flexibility index (Phi) is 11.5. The van der Waals surface area contributed by atoms with E-state index < -0.39 is 42.5 Å². The Morgan fingerprint density at radius 2 is 1.69 bits per heavy atom. The lowest BCUT2D eigenvalue weighted by molar-refractivity contribution is -0.192. The molecule has 3 rings (SSSR count). The average molecular weight is 548 g/mol. The van der Waals surface area contributed by atoms with E-state index >= 15 is 0 Å². The molecule has 2 fully saturated rings. The predicted molar refractivity (Wildman–Crippen MR) is 141 cm³/mol. The summed E-state index contributed by atoms with van der Waals surface area (Å²) in [5.74, 6) is -1.36. The van der Waals surface area contributed by atoms with Crippen molar-refractivity contribution in [3.05, 3.63) is 35.9 Å². The van der Waals surface area contributed by atoms with Crippen LogP contribution in [0.5, 0.6) is 0 Å². The first-order chi connectivity index (χ1) is 18.7. The fourth-order valence-electron chi connectivity index (χ4n) is 4.87. The smallest absolute Gasteiger partial charge is 0.465 e. The molecule has 216 valence electrons. The van der Waals surface area contributed by atoms with Crippen LogP contribution >= 0.6 is 0 Å². The molecule has 2 unspecified atom stereocenters. The third-order valence-electron chi connectivity index (χ3n) is 6.61. The molecule has 39 heavy (non-hydrogen) atoms. The Labute approximate surface area is 230 Å². The minimum atomic E-state index is -1.18. The van der Waals surface area contributed by atoms with Crippen LogP contribution in [0.15, 0.2) is 30.3 Å². The fourth-order valence-corrected chi connectivity index (χ4v) is 4.87. The maximum Gasteiger partial charge on any atom is 0.511 e. The van der Waals surface area contributed by atoms with Crippen molar-refractivity contribution < 1.29 is 38.1 Å². The topological polar surface area (TPSA) is 124 Å². The Morgan fingerprint density at radius 1 is 1.00 bits per heavy atom. The first-order valence-electron chi connectivity index (χ1n) is 13.8. The van der Waals surface area contributed by atoms with Gasteiger partial charge in [-0.05, 0) is 64.9 Å². The molecule has 0 spiro atoms. The van der Waals surface area contributed by atoms with Crippen LogP contribution in [-0.2, 0) is 39.8 Å². The van der Waals surface area contributed by atoms with Crippen molar-refractivity contribution in [2.45, 2.75) is 96.7 Å². The second-order valence-corrected chi connectivity index (χ2v) is 10.0. The highest BCUT2D eigenvalue weighted by atomic mass is 16.8. The summed E-state index contributed by atoms with van der Waals surface area (Å²) in [6.45, 7) is 7.98. The van der Waals surface area contributed by atoms with Gasteiger partial charge in [-0.15, -0.1) is 0 Å². The number of aryl methyl sites for hydroxylation is 1. The van der Waals surface area contributed by atoms with Crippen LogP contribution in [0.2, 0.25) is 0 Å². The van der Waals surface area contributed by atoms with Crippen LogP contribution in [0.25, 0.3) is 0 Å². The number of carbonyl (C=O) groups excluding carboxylic acids is 4. The van der Waals surface area contributed by atoms with E-state index in [1.54, 1.807) is 20.8 Å². The van der Waals surface area contributed by atoms with Crippen LogP contribution in [0.4, 0.5) is 4.79 Å². The lowest BCUT2D eigenvalue weighted by atomic mass is 10.0. The molecule has 2 saturated heterocycles. The largest absolute Gasteiger partial charge is 0.511 e. The van der Waals surface area contributed by atoms with Gasteiger partial charge in [-0.1, -0.05) is 30.3 Å². The molecule has 4 atom stereocenters. The number of hydrogen-bond donors (Lipinski definition) is 1. The first kappa shape index (κ1) is 30.4. The molecule has 0 aliphatic carbocycles. The molecule has 2 heterocycles. The van der Waals surface area contributed by atoms with Crippen molar-refractivity contribution in [1.29, 1.82) is 0 Å². The molecule has 1 aromatic rings. The lowest BCUT2D eigenvalue weighted by Crippen LogP contribution is -2.62. The van der Waals surface area contributed by atoms with E-state index in [1.807, 2.05) is 35.3 Å². The van der Waals surface area contributed by atoms with Gasteiger partial charge in [-0.25, -0.2) is 14.6 Å². The fraction of sp³-hybridized carbons (Fsp3) is 0.643. The van der Waals surface area contributed by atoms with Crippen molar-refractivity contribution >= 4 is 24.0 Å². The Balaban J connectivity index is 1.70. The number of hydrogen-bond acceptors (Lipinski definition) is 10. The molecule has 11 nitrogen and oxygen atoms in total. The standard InChI is InChI=1S/C28H41N3O8/c1-5-36-26(33)23(16-15-21-11-7-6-8-12-21)29-22-13-9-17-30-18-10-14-24(31(30)25(22)32)27(34)38-20(4)39-28(35)37-19(2)3/h6-8,11-12,19-20,22-24,29H,5,9-10,13-18H2,1-4H3/t20?,22?,23-,24-/m0/s1. The highest BCUT2D eigenvalue weighted by molar-refractivity contribution is 5.88. The van der Waals surface area contributed by atoms with Crippen molar-refractivity contribution in [3.8, 4) is 0 Å². The first-order valence-corrected chi connectivity index (χ1v) is 13.8. The summed E-state index contributed by atoms with van der Waals surface area (Å²) in [6, 6.07) is 7.59. The average Bonchev–Trinajstić information content (AvgIpc) is 3.04. The van der Waals surface area contributed by atoms with Crippen molar-refractivity contribution in [3.63, 3.8) is 0 Å². The van der Waals surface area contributed by atoms with Gasteiger partial charge in [0.1, 0.15) is 12.1 Å². The maximum absolute atomic E-state index is 13.8. The van der Waals surface area contributed by atoms with Crippen molar-refractivity contribution in [2.24, 2.45) is 0 Å². The normalized spacial score (nSPS) is 21.4. The van der Waals surface area contributed by atoms with E-state index in [0.717, 1.165) is 5.56 Å². The van der Waals surface area contributed by atoms with E-state index in [0.29, 0.717) is 51.6 Å². The van der Waals surface area contributed by atoms with Crippen LogP contribution in [0.1, 0.15) is 65.4 Å².